The molecule has 9 heteroatoms. The predicted molar refractivity (Wildman–Crippen MR) is 112 cm³/mol. The van der Waals surface area contributed by atoms with Gasteiger partial charge < -0.3 is 24.8 Å². The molecule has 0 spiro atoms. The molecule has 8 nitrogen and oxygen atoms in total. The second-order valence-electron chi connectivity index (χ2n) is 5.79. The Morgan fingerprint density at radius 1 is 1.24 bits per heavy atom. The fourth-order valence-corrected chi connectivity index (χ4v) is 2.62. The first-order valence-electron chi connectivity index (χ1n) is 8.39. The molecule has 1 aliphatic rings. The molecular weight excluding hydrogens is 433 g/mol. The quantitative estimate of drug-likeness (QED) is 0.356. The molecule has 0 amide bonds. The number of nitrogens with zero attached hydrogens (tertiary/aromatic N) is 6. The highest BCUT2D eigenvalue weighted by Gasteiger charge is 2.20. The number of aliphatic imine (C=N–C) groups is 1. The Hall–Kier alpha value is -1.20. The van der Waals surface area contributed by atoms with Crippen molar-refractivity contribution in [3.05, 3.63) is 18.5 Å². The van der Waals surface area contributed by atoms with Crippen LogP contribution in [0.3, 0.4) is 0 Å². The van der Waals surface area contributed by atoms with Crippen molar-refractivity contribution < 1.29 is 4.74 Å². The van der Waals surface area contributed by atoms with Gasteiger partial charge in [-0.25, -0.2) is 9.97 Å². The van der Waals surface area contributed by atoms with Crippen LogP contribution in [-0.4, -0.2) is 99.4 Å². The lowest BCUT2D eigenvalue weighted by Crippen LogP contribution is -2.53. The number of anilines is 1. The second kappa shape index (κ2) is 12.2. The minimum Gasteiger partial charge on any atom is -0.383 e. The van der Waals surface area contributed by atoms with E-state index < -0.39 is 0 Å². The molecule has 0 atom stereocenters. The summed E-state index contributed by atoms with van der Waals surface area (Å²) >= 11 is 0. The van der Waals surface area contributed by atoms with Crippen molar-refractivity contribution in [1.82, 2.24) is 25.1 Å². The van der Waals surface area contributed by atoms with E-state index in [4.69, 9.17) is 4.74 Å². The molecule has 0 aliphatic carbocycles. The molecular formula is C16H30IN7O. The molecule has 0 radical (unpaired) electrons. The first-order chi connectivity index (χ1) is 11.7. The van der Waals surface area contributed by atoms with Crippen LogP contribution in [0.25, 0.3) is 0 Å². The summed E-state index contributed by atoms with van der Waals surface area (Å²) in [6, 6.07) is 1.84. The first kappa shape index (κ1) is 21.8. The van der Waals surface area contributed by atoms with E-state index in [1.54, 1.807) is 19.5 Å². The van der Waals surface area contributed by atoms with Crippen molar-refractivity contribution in [3.63, 3.8) is 0 Å². The van der Waals surface area contributed by atoms with Crippen LogP contribution in [-0.2, 0) is 4.74 Å². The number of halogens is 1. The lowest BCUT2D eigenvalue weighted by atomic mass is 10.3. The van der Waals surface area contributed by atoms with E-state index in [0.29, 0.717) is 0 Å². The number of nitrogens with one attached hydrogen (secondary N) is 1. The number of piperazine rings is 1. The monoisotopic (exact) mass is 463 g/mol. The van der Waals surface area contributed by atoms with Gasteiger partial charge in [0.1, 0.15) is 0 Å². The molecule has 1 fully saturated rings. The van der Waals surface area contributed by atoms with Crippen LogP contribution in [0.1, 0.15) is 0 Å². The van der Waals surface area contributed by atoms with E-state index in [-0.39, 0.29) is 24.0 Å². The second-order valence-corrected chi connectivity index (χ2v) is 5.79. The summed E-state index contributed by atoms with van der Waals surface area (Å²) in [4.78, 5) is 19.8. The molecule has 2 heterocycles. The Labute approximate surface area is 167 Å². The summed E-state index contributed by atoms with van der Waals surface area (Å²) in [5.74, 6) is 1.77. The van der Waals surface area contributed by atoms with Crippen molar-refractivity contribution in [2.45, 2.75) is 0 Å². The van der Waals surface area contributed by atoms with Gasteiger partial charge in [0, 0.05) is 72.4 Å². The van der Waals surface area contributed by atoms with Gasteiger partial charge in [-0.05, 0) is 13.1 Å². The van der Waals surface area contributed by atoms with Crippen molar-refractivity contribution in [2.24, 2.45) is 4.99 Å². The van der Waals surface area contributed by atoms with E-state index in [1.165, 1.54) is 0 Å². The number of likely N-dealkylation sites (N-methyl/N-ethyl adjacent to an activating group) is 1. The molecule has 1 saturated heterocycles. The van der Waals surface area contributed by atoms with Gasteiger partial charge in [-0.3, -0.25) is 4.99 Å². The zero-order chi connectivity index (χ0) is 17.2. The minimum absolute atomic E-state index is 0. The van der Waals surface area contributed by atoms with Crippen molar-refractivity contribution in [2.75, 3.05) is 78.5 Å². The Morgan fingerprint density at radius 2 is 1.92 bits per heavy atom. The predicted octanol–water partition coefficient (Wildman–Crippen LogP) is 0.370. The van der Waals surface area contributed by atoms with Crippen LogP contribution in [0.15, 0.2) is 23.5 Å². The smallest absolute Gasteiger partial charge is 0.225 e. The molecule has 0 bridgehead atoms. The molecule has 2 rings (SSSR count). The van der Waals surface area contributed by atoms with Gasteiger partial charge in [-0.15, -0.1) is 24.0 Å². The van der Waals surface area contributed by atoms with Gasteiger partial charge in [0.25, 0.3) is 0 Å². The van der Waals surface area contributed by atoms with E-state index in [9.17, 15) is 0 Å². The zero-order valence-electron chi connectivity index (χ0n) is 15.4. The van der Waals surface area contributed by atoms with E-state index in [2.05, 4.69) is 42.0 Å². The molecule has 1 N–H and O–H groups in total. The topological polar surface area (TPSA) is 69.1 Å². The number of guanidine groups is 1. The highest BCUT2D eigenvalue weighted by atomic mass is 127. The van der Waals surface area contributed by atoms with E-state index >= 15 is 0 Å². The third-order valence-electron chi connectivity index (χ3n) is 4.08. The average molecular weight is 463 g/mol. The third kappa shape index (κ3) is 7.28. The summed E-state index contributed by atoms with van der Waals surface area (Å²) in [6.07, 6.45) is 3.57. The Kier molecular flexibility index (Phi) is 10.7. The van der Waals surface area contributed by atoms with Crippen LogP contribution in [0, 0.1) is 0 Å². The summed E-state index contributed by atoms with van der Waals surface area (Å²) in [7, 11) is 5.67. The molecule has 1 aromatic rings. The van der Waals surface area contributed by atoms with Crippen LogP contribution >= 0.6 is 24.0 Å². The van der Waals surface area contributed by atoms with Crippen molar-refractivity contribution in [1.29, 1.82) is 0 Å². The lowest BCUT2D eigenvalue weighted by molar-refractivity contribution is 0.162. The summed E-state index contributed by atoms with van der Waals surface area (Å²) in [5, 5.41) is 3.44. The summed E-state index contributed by atoms with van der Waals surface area (Å²) in [6.45, 7) is 7.15. The van der Waals surface area contributed by atoms with Gasteiger partial charge >= 0.3 is 0 Å². The number of ether oxygens (including phenoxy) is 1. The lowest BCUT2D eigenvalue weighted by Gasteiger charge is -2.36. The normalized spacial score (nSPS) is 15.3. The molecule has 1 aliphatic heterocycles. The first-order valence-corrected chi connectivity index (χ1v) is 8.39. The number of rotatable bonds is 7. The largest absolute Gasteiger partial charge is 0.383 e. The van der Waals surface area contributed by atoms with Gasteiger partial charge in [0.2, 0.25) is 5.95 Å². The molecule has 1 aromatic heterocycles. The van der Waals surface area contributed by atoms with Gasteiger partial charge in [0.15, 0.2) is 5.96 Å². The molecule has 25 heavy (non-hydrogen) atoms. The van der Waals surface area contributed by atoms with Crippen LogP contribution < -0.4 is 10.2 Å². The number of hydrogen-bond donors (Lipinski definition) is 1. The number of methoxy groups -OCH3 is 1. The standard InChI is InChI=1S/C16H29N7O.HI/c1-17-15(20-7-8-21(2)13-14-24-3)22-9-11-23(12-10-22)16-18-5-4-6-19-16;/h4-6H,7-14H2,1-3H3,(H,17,20);1H. The number of aromatic nitrogens is 2. The maximum Gasteiger partial charge on any atom is 0.225 e. The van der Waals surface area contributed by atoms with E-state index in [0.717, 1.165) is 64.3 Å². The average Bonchev–Trinajstić information content (AvgIpc) is 2.64. The van der Waals surface area contributed by atoms with Crippen LogP contribution in [0.2, 0.25) is 0 Å². The van der Waals surface area contributed by atoms with Gasteiger partial charge in [0.05, 0.1) is 6.61 Å². The fraction of sp³-hybridized carbons (Fsp3) is 0.688. The maximum atomic E-state index is 5.09. The van der Waals surface area contributed by atoms with Gasteiger partial charge in [-0.2, -0.15) is 0 Å². The number of hydrogen-bond acceptors (Lipinski definition) is 6. The summed E-state index contributed by atoms with van der Waals surface area (Å²) < 4.78 is 5.09. The van der Waals surface area contributed by atoms with Crippen molar-refractivity contribution >= 4 is 35.9 Å². The summed E-state index contributed by atoms with van der Waals surface area (Å²) in [5.41, 5.74) is 0. The Balaban J connectivity index is 0.00000312. The Morgan fingerprint density at radius 3 is 2.52 bits per heavy atom. The third-order valence-corrected chi connectivity index (χ3v) is 4.08. The Bertz CT molecular complexity index is 495. The SMILES string of the molecule is CN=C(NCCN(C)CCOC)N1CCN(c2ncccn2)CC1.I. The zero-order valence-corrected chi connectivity index (χ0v) is 17.7. The van der Waals surface area contributed by atoms with Crippen LogP contribution in [0.5, 0.6) is 0 Å². The highest BCUT2D eigenvalue weighted by Crippen LogP contribution is 2.09. The molecule has 142 valence electrons. The molecule has 0 unspecified atom stereocenters. The molecule has 0 saturated carbocycles. The van der Waals surface area contributed by atoms with Crippen molar-refractivity contribution in [3.8, 4) is 0 Å². The fourth-order valence-electron chi connectivity index (χ4n) is 2.62. The minimum atomic E-state index is 0. The maximum absolute atomic E-state index is 5.09. The van der Waals surface area contributed by atoms with Gasteiger partial charge in [-0.1, -0.05) is 0 Å². The highest BCUT2D eigenvalue weighted by molar-refractivity contribution is 14.0. The van der Waals surface area contributed by atoms with E-state index in [1.807, 2.05) is 13.1 Å². The molecule has 0 aromatic carbocycles. The van der Waals surface area contributed by atoms with Crippen LogP contribution in [0.4, 0.5) is 5.95 Å².